The van der Waals surface area contributed by atoms with Crippen molar-refractivity contribution in [2.45, 2.75) is 12.5 Å². The molecule has 21 heavy (non-hydrogen) atoms. The summed E-state index contributed by atoms with van der Waals surface area (Å²) >= 11 is 0. The van der Waals surface area contributed by atoms with Gasteiger partial charge in [0.15, 0.2) is 0 Å². The van der Waals surface area contributed by atoms with Crippen molar-refractivity contribution in [3.63, 3.8) is 0 Å². The topological polar surface area (TPSA) is 24.8 Å². The summed E-state index contributed by atoms with van der Waals surface area (Å²) in [5, 5.41) is 0. The molecule has 0 aromatic heterocycles. The molecule has 3 nitrogen and oxygen atoms in total. The normalized spacial score (nSPS) is 23.1. The molecule has 0 saturated carbocycles. The molecule has 1 unspecified atom stereocenters. The average molecular weight is 278 g/mol. The Morgan fingerprint density at radius 3 is 2.33 bits per heavy atom. The molecule has 106 valence electrons. The van der Waals surface area contributed by atoms with Crippen LogP contribution in [-0.2, 0) is 4.74 Å². The van der Waals surface area contributed by atoms with Crippen LogP contribution in [0.1, 0.15) is 6.92 Å². The Morgan fingerprint density at radius 2 is 1.71 bits per heavy atom. The Hall–Kier alpha value is -2.55. The summed E-state index contributed by atoms with van der Waals surface area (Å²) in [6, 6.07) is 20.6. The van der Waals surface area contributed by atoms with E-state index in [1.54, 1.807) is 0 Å². The van der Waals surface area contributed by atoms with Crippen LogP contribution in [-0.4, -0.2) is 18.2 Å². The molecule has 0 amide bonds. The molecule has 0 N–H and O–H groups in total. The van der Waals surface area contributed by atoms with Gasteiger partial charge in [-0.3, -0.25) is 4.90 Å². The van der Waals surface area contributed by atoms with Crippen molar-refractivity contribution in [2.24, 2.45) is 4.99 Å². The highest BCUT2D eigenvalue weighted by Gasteiger charge is 2.41. The lowest BCUT2D eigenvalue weighted by Gasteiger charge is -2.30. The summed E-state index contributed by atoms with van der Waals surface area (Å²) in [6.07, 6.45) is 1.91. The maximum absolute atomic E-state index is 5.84. The summed E-state index contributed by atoms with van der Waals surface area (Å²) in [5.74, 6) is 0. The first kappa shape index (κ1) is 13.4. The predicted molar refractivity (Wildman–Crippen MR) is 87.0 cm³/mol. The minimum Gasteiger partial charge on any atom is -0.462 e. The second-order valence-corrected chi connectivity index (χ2v) is 5.25. The Bertz CT molecular complexity index is 651. The third-order valence-corrected chi connectivity index (χ3v) is 3.63. The zero-order valence-electron chi connectivity index (χ0n) is 12.1. The minimum absolute atomic E-state index is 0.297. The highest BCUT2D eigenvalue weighted by Crippen LogP contribution is 2.32. The van der Waals surface area contributed by atoms with Crippen LogP contribution < -0.4 is 4.90 Å². The number of para-hydroxylation sites is 2. The molecular weight excluding hydrogens is 260 g/mol. The van der Waals surface area contributed by atoms with Gasteiger partial charge in [-0.1, -0.05) is 42.5 Å². The zero-order valence-corrected chi connectivity index (χ0v) is 12.1. The van der Waals surface area contributed by atoms with E-state index in [-0.39, 0.29) is 5.54 Å². The molecule has 0 bridgehead atoms. The minimum atomic E-state index is -0.297. The van der Waals surface area contributed by atoms with Gasteiger partial charge in [-0.2, -0.15) is 4.99 Å². The Balaban J connectivity index is 2.05. The third-order valence-electron chi connectivity index (χ3n) is 3.63. The van der Waals surface area contributed by atoms with Crippen molar-refractivity contribution in [3.8, 4) is 0 Å². The lowest BCUT2D eigenvalue weighted by Crippen LogP contribution is -2.43. The highest BCUT2D eigenvalue weighted by molar-refractivity contribution is 5.97. The van der Waals surface area contributed by atoms with Gasteiger partial charge in [-0.15, -0.1) is 6.58 Å². The fraction of sp³-hybridized carbons (Fsp3) is 0.167. The number of amidine groups is 1. The number of hydrogen-bond donors (Lipinski definition) is 0. The molecule has 0 spiro atoms. The average Bonchev–Trinajstić information content (AvgIpc) is 2.86. The number of aliphatic imine (C=N–C) groups is 1. The van der Waals surface area contributed by atoms with Crippen molar-refractivity contribution in [3.05, 3.63) is 73.3 Å². The number of anilines is 1. The van der Waals surface area contributed by atoms with Crippen LogP contribution in [0.15, 0.2) is 78.3 Å². The van der Waals surface area contributed by atoms with Gasteiger partial charge in [0.1, 0.15) is 6.61 Å². The quantitative estimate of drug-likeness (QED) is 0.788. The number of rotatable bonds is 3. The molecule has 1 saturated heterocycles. The van der Waals surface area contributed by atoms with Crippen LogP contribution in [0.4, 0.5) is 11.4 Å². The molecular formula is C18H18N2O. The van der Waals surface area contributed by atoms with E-state index in [4.69, 9.17) is 4.74 Å². The van der Waals surface area contributed by atoms with Gasteiger partial charge in [0.25, 0.3) is 6.02 Å². The molecule has 1 aliphatic rings. The number of benzene rings is 2. The molecule has 2 aromatic rings. The molecule has 1 atom stereocenters. The second-order valence-electron chi connectivity index (χ2n) is 5.25. The lowest BCUT2D eigenvalue weighted by atomic mass is 10.0. The first-order valence-corrected chi connectivity index (χ1v) is 6.98. The Labute approximate surface area is 125 Å². The Morgan fingerprint density at radius 1 is 1.10 bits per heavy atom. The van der Waals surface area contributed by atoms with Crippen LogP contribution in [0.5, 0.6) is 0 Å². The van der Waals surface area contributed by atoms with E-state index in [1.807, 2.05) is 54.6 Å². The van der Waals surface area contributed by atoms with Crippen LogP contribution in [0, 0.1) is 0 Å². The van der Waals surface area contributed by atoms with Gasteiger partial charge in [-0.05, 0) is 31.2 Å². The van der Waals surface area contributed by atoms with Crippen LogP contribution in [0.3, 0.4) is 0 Å². The second kappa shape index (κ2) is 5.44. The SMILES string of the molecule is C=CC1(C)COC(=Nc2ccccc2)N1c1ccccc1. The number of ether oxygens (including phenoxy) is 1. The van der Waals surface area contributed by atoms with Gasteiger partial charge in [-0.25, -0.2) is 0 Å². The molecule has 0 radical (unpaired) electrons. The largest absolute Gasteiger partial charge is 0.462 e. The summed E-state index contributed by atoms with van der Waals surface area (Å²) in [4.78, 5) is 6.72. The van der Waals surface area contributed by atoms with Crippen molar-refractivity contribution < 1.29 is 4.74 Å². The summed E-state index contributed by atoms with van der Waals surface area (Å²) in [7, 11) is 0. The fourth-order valence-corrected chi connectivity index (χ4v) is 2.39. The van der Waals surface area contributed by atoms with Crippen molar-refractivity contribution >= 4 is 17.4 Å². The zero-order chi connectivity index (χ0) is 14.7. The van der Waals surface area contributed by atoms with E-state index < -0.39 is 0 Å². The lowest BCUT2D eigenvalue weighted by molar-refractivity contribution is 0.306. The molecule has 3 rings (SSSR count). The van der Waals surface area contributed by atoms with E-state index in [0.717, 1.165) is 11.4 Å². The smallest absolute Gasteiger partial charge is 0.298 e. The van der Waals surface area contributed by atoms with E-state index in [1.165, 1.54) is 0 Å². The highest BCUT2D eigenvalue weighted by atomic mass is 16.5. The fourth-order valence-electron chi connectivity index (χ4n) is 2.39. The molecule has 3 heteroatoms. The third kappa shape index (κ3) is 2.55. The first-order chi connectivity index (χ1) is 10.2. The van der Waals surface area contributed by atoms with Gasteiger partial charge in [0, 0.05) is 5.69 Å². The molecule has 1 fully saturated rings. The predicted octanol–water partition coefficient (Wildman–Crippen LogP) is 4.16. The molecule has 1 aliphatic heterocycles. The van der Waals surface area contributed by atoms with E-state index in [9.17, 15) is 0 Å². The van der Waals surface area contributed by atoms with Gasteiger partial charge < -0.3 is 4.74 Å². The van der Waals surface area contributed by atoms with E-state index in [0.29, 0.717) is 12.6 Å². The molecule has 1 heterocycles. The van der Waals surface area contributed by atoms with Gasteiger partial charge in [0.2, 0.25) is 0 Å². The number of nitrogens with zero attached hydrogens (tertiary/aromatic N) is 2. The van der Waals surface area contributed by atoms with Crippen molar-refractivity contribution in [2.75, 3.05) is 11.5 Å². The van der Waals surface area contributed by atoms with Crippen LogP contribution >= 0.6 is 0 Å². The molecule has 2 aromatic carbocycles. The molecule has 0 aliphatic carbocycles. The van der Waals surface area contributed by atoms with Gasteiger partial charge >= 0.3 is 0 Å². The van der Waals surface area contributed by atoms with Crippen molar-refractivity contribution in [1.29, 1.82) is 0 Å². The summed E-state index contributed by atoms with van der Waals surface area (Å²) < 4.78 is 5.84. The first-order valence-electron chi connectivity index (χ1n) is 6.98. The summed E-state index contributed by atoms with van der Waals surface area (Å²) in [5.41, 5.74) is 1.63. The van der Waals surface area contributed by atoms with E-state index >= 15 is 0 Å². The van der Waals surface area contributed by atoms with Crippen LogP contribution in [0.25, 0.3) is 0 Å². The van der Waals surface area contributed by atoms with E-state index in [2.05, 4.69) is 35.5 Å². The summed E-state index contributed by atoms with van der Waals surface area (Å²) in [6.45, 7) is 6.59. The maximum atomic E-state index is 5.84. The number of hydrogen-bond acceptors (Lipinski definition) is 2. The van der Waals surface area contributed by atoms with Gasteiger partial charge in [0.05, 0.1) is 11.2 Å². The van der Waals surface area contributed by atoms with Crippen molar-refractivity contribution in [1.82, 2.24) is 0 Å². The maximum Gasteiger partial charge on any atom is 0.298 e. The monoisotopic (exact) mass is 278 g/mol. The Kier molecular flexibility index (Phi) is 3.48. The standard InChI is InChI=1S/C18H18N2O/c1-3-18(2)14-21-17(19-15-10-6-4-7-11-15)20(18)16-12-8-5-9-13-16/h3-13H,1,14H2,2H3. The van der Waals surface area contributed by atoms with Crippen LogP contribution in [0.2, 0.25) is 0 Å².